The van der Waals surface area contributed by atoms with Crippen LogP contribution in [-0.2, 0) is 4.79 Å². The number of nitrogens with zero attached hydrogens (tertiary/aromatic N) is 1. The SMILES string of the molecule is CC(=O)CC1CCCCN1CC(O)c1ccccc1. The topological polar surface area (TPSA) is 40.5 Å². The molecule has 0 spiro atoms. The highest BCUT2D eigenvalue weighted by atomic mass is 16.3. The molecule has 2 atom stereocenters. The lowest BCUT2D eigenvalue weighted by Crippen LogP contribution is -2.42. The summed E-state index contributed by atoms with van der Waals surface area (Å²) in [6.45, 7) is 3.27. The molecule has 0 radical (unpaired) electrons. The third-order valence-corrected chi connectivity index (χ3v) is 3.86. The number of hydrogen-bond donors (Lipinski definition) is 1. The van der Waals surface area contributed by atoms with E-state index in [2.05, 4.69) is 4.90 Å². The molecular formula is C16H23NO2. The van der Waals surface area contributed by atoms with Gasteiger partial charge in [-0.25, -0.2) is 0 Å². The Morgan fingerprint density at radius 3 is 2.79 bits per heavy atom. The third-order valence-electron chi connectivity index (χ3n) is 3.86. The van der Waals surface area contributed by atoms with E-state index in [1.54, 1.807) is 6.92 Å². The molecule has 1 aromatic rings. The number of carbonyl (C=O) groups excluding carboxylic acids is 1. The zero-order chi connectivity index (χ0) is 13.7. The number of aliphatic hydroxyl groups excluding tert-OH is 1. The quantitative estimate of drug-likeness (QED) is 0.885. The number of β-amino-alcohol motifs (C(OH)–C–C–N with tert-alkyl or cyclic N) is 1. The van der Waals surface area contributed by atoms with Gasteiger partial charge in [0.25, 0.3) is 0 Å². The summed E-state index contributed by atoms with van der Waals surface area (Å²) >= 11 is 0. The molecule has 1 fully saturated rings. The number of benzene rings is 1. The molecule has 1 N–H and O–H groups in total. The predicted molar refractivity (Wildman–Crippen MR) is 75.9 cm³/mol. The second-order valence-electron chi connectivity index (χ2n) is 5.48. The molecule has 3 heteroatoms. The van der Waals surface area contributed by atoms with Crippen molar-refractivity contribution in [3.8, 4) is 0 Å². The minimum absolute atomic E-state index is 0.242. The van der Waals surface area contributed by atoms with Crippen LogP contribution in [0.1, 0.15) is 44.3 Å². The maximum Gasteiger partial charge on any atom is 0.131 e. The van der Waals surface area contributed by atoms with Gasteiger partial charge in [-0.05, 0) is 31.9 Å². The number of likely N-dealkylation sites (tertiary alicyclic amines) is 1. The van der Waals surface area contributed by atoms with Gasteiger partial charge in [0, 0.05) is 19.0 Å². The molecule has 3 nitrogen and oxygen atoms in total. The summed E-state index contributed by atoms with van der Waals surface area (Å²) in [5.74, 6) is 0.242. The summed E-state index contributed by atoms with van der Waals surface area (Å²) in [5.41, 5.74) is 0.953. The Morgan fingerprint density at radius 1 is 1.37 bits per heavy atom. The van der Waals surface area contributed by atoms with Crippen molar-refractivity contribution in [2.45, 2.75) is 44.8 Å². The molecule has 2 rings (SSSR count). The van der Waals surface area contributed by atoms with E-state index < -0.39 is 6.10 Å². The van der Waals surface area contributed by atoms with Crippen LogP contribution in [0.25, 0.3) is 0 Å². The highest BCUT2D eigenvalue weighted by Gasteiger charge is 2.25. The van der Waals surface area contributed by atoms with E-state index in [4.69, 9.17) is 0 Å². The summed E-state index contributed by atoms with van der Waals surface area (Å²) in [6, 6.07) is 10.1. The molecule has 19 heavy (non-hydrogen) atoms. The highest BCUT2D eigenvalue weighted by molar-refractivity contribution is 5.76. The fourth-order valence-electron chi connectivity index (χ4n) is 2.87. The molecule has 0 saturated carbocycles. The van der Waals surface area contributed by atoms with Gasteiger partial charge in [-0.2, -0.15) is 0 Å². The van der Waals surface area contributed by atoms with Crippen molar-refractivity contribution >= 4 is 5.78 Å². The molecule has 1 aromatic carbocycles. The number of piperidine rings is 1. The van der Waals surface area contributed by atoms with Gasteiger partial charge in [-0.3, -0.25) is 9.69 Å². The van der Waals surface area contributed by atoms with Crippen molar-refractivity contribution < 1.29 is 9.90 Å². The molecule has 1 aliphatic rings. The first-order chi connectivity index (χ1) is 9.16. The maximum absolute atomic E-state index is 11.3. The van der Waals surface area contributed by atoms with E-state index in [0.29, 0.717) is 19.0 Å². The average molecular weight is 261 g/mol. The van der Waals surface area contributed by atoms with Gasteiger partial charge in [0.1, 0.15) is 5.78 Å². The fourth-order valence-corrected chi connectivity index (χ4v) is 2.87. The van der Waals surface area contributed by atoms with Crippen LogP contribution in [0.2, 0.25) is 0 Å². The van der Waals surface area contributed by atoms with Crippen molar-refractivity contribution in [3.63, 3.8) is 0 Å². The van der Waals surface area contributed by atoms with E-state index in [9.17, 15) is 9.90 Å². The third kappa shape index (κ3) is 4.15. The van der Waals surface area contributed by atoms with Crippen LogP contribution < -0.4 is 0 Å². The molecular weight excluding hydrogens is 238 g/mol. The van der Waals surface area contributed by atoms with E-state index >= 15 is 0 Å². The second kappa shape index (κ2) is 6.83. The molecule has 1 aliphatic heterocycles. The van der Waals surface area contributed by atoms with Gasteiger partial charge >= 0.3 is 0 Å². The summed E-state index contributed by atoms with van der Waals surface area (Å²) in [4.78, 5) is 13.6. The van der Waals surface area contributed by atoms with Crippen LogP contribution in [0.4, 0.5) is 0 Å². The van der Waals surface area contributed by atoms with Crippen LogP contribution in [-0.4, -0.2) is 34.9 Å². The molecule has 0 bridgehead atoms. The van der Waals surface area contributed by atoms with Crippen LogP contribution >= 0.6 is 0 Å². The number of aliphatic hydroxyl groups is 1. The minimum Gasteiger partial charge on any atom is -0.387 e. The standard InChI is InChI=1S/C16H23NO2/c1-13(18)11-15-9-5-6-10-17(15)12-16(19)14-7-3-2-4-8-14/h2-4,7-8,15-16,19H,5-6,9-12H2,1H3. The van der Waals surface area contributed by atoms with Crippen LogP contribution in [0.3, 0.4) is 0 Å². The summed E-state index contributed by atoms with van der Waals surface area (Å²) in [7, 11) is 0. The Hall–Kier alpha value is -1.19. The lowest BCUT2D eigenvalue weighted by molar-refractivity contribution is -0.118. The van der Waals surface area contributed by atoms with Crippen LogP contribution in [0, 0.1) is 0 Å². The largest absolute Gasteiger partial charge is 0.387 e. The monoisotopic (exact) mass is 261 g/mol. The van der Waals surface area contributed by atoms with Gasteiger partial charge in [0.15, 0.2) is 0 Å². The predicted octanol–water partition coefficient (Wildman–Crippen LogP) is 2.55. The van der Waals surface area contributed by atoms with E-state index in [1.807, 2.05) is 30.3 Å². The lowest BCUT2D eigenvalue weighted by atomic mass is 9.96. The van der Waals surface area contributed by atoms with Crippen molar-refractivity contribution in [2.75, 3.05) is 13.1 Å². The molecule has 1 saturated heterocycles. The van der Waals surface area contributed by atoms with Gasteiger partial charge in [0.05, 0.1) is 6.10 Å². The number of ketones is 1. The molecule has 0 amide bonds. The van der Waals surface area contributed by atoms with E-state index in [-0.39, 0.29) is 5.78 Å². The first kappa shape index (κ1) is 14.2. The molecule has 0 aromatic heterocycles. The van der Waals surface area contributed by atoms with Crippen molar-refractivity contribution in [2.24, 2.45) is 0 Å². The zero-order valence-corrected chi connectivity index (χ0v) is 11.6. The van der Waals surface area contributed by atoms with Crippen LogP contribution in [0.5, 0.6) is 0 Å². The summed E-state index contributed by atoms with van der Waals surface area (Å²) in [6.07, 6.45) is 3.57. The minimum atomic E-state index is -0.464. The highest BCUT2D eigenvalue weighted by Crippen LogP contribution is 2.23. The van der Waals surface area contributed by atoms with E-state index in [0.717, 1.165) is 24.9 Å². The summed E-state index contributed by atoms with van der Waals surface area (Å²) in [5, 5.41) is 10.3. The Morgan fingerprint density at radius 2 is 2.11 bits per heavy atom. The number of hydrogen-bond acceptors (Lipinski definition) is 3. The smallest absolute Gasteiger partial charge is 0.131 e. The number of rotatable bonds is 5. The number of carbonyl (C=O) groups is 1. The molecule has 0 aliphatic carbocycles. The van der Waals surface area contributed by atoms with Gasteiger partial charge in [-0.1, -0.05) is 36.8 Å². The van der Waals surface area contributed by atoms with E-state index in [1.165, 1.54) is 6.42 Å². The zero-order valence-electron chi connectivity index (χ0n) is 11.6. The van der Waals surface area contributed by atoms with Gasteiger partial charge in [0.2, 0.25) is 0 Å². The first-order valence-electron chi connectivity index (χ1n) is 7.13. The van der Waals surface area contributed by atoms with Crippen LogP contribution in [0.15, 0.2) is 30.3 Å². The van der Waals surface area contributed by atoms with Gasteiger partial charge in [-0.15, -0.1) is 0 Å². The van der Waals surface area contributed by atoms with Crippen molar-refractivity contribution in [1.29, 1.82) is 0 Å². The number of Topliss-reactive ketones (excluding diaryl/α,β-unsaturated/α-hetero) is 1. The summed E-state index contributed by atoms with van der Waals surface area (Å²) < 4.78 is 0. The molecule has 2 unspecified atom stereocenters. The Labute approximate surface area is 115 Å². The Kier molecular flexibility index (Phi) is 5.11. The normalized spacial score (nSPS) is 22.1. The Balaban J connectivity index is 1.97. The first-order valence-corrected chi connectivity index (χ1v) is 7.13. The maximum atomic E-state index is 11.3. The fraction of sp³-hybridized carbons (Fsp3) is 0.562. The van der Waals surface area contributed by atoms with Crippen molar-refractivity contribution in [3.05, 3.63) is 35.9 Å². The Bertz CT molecular complexity index is 404. The molecule has 104 valence electrons. The van der Waals surface area contributed by atoms with Gasteiger partial charge < -0.3 is 5.11 Å². The average Bonchev–Trinajstić information content (AvgIpc) is 2.41. The molecule has 1 heterocycles. The van der Waals surface area contributed by atoms with Crippen molar-refractivity contribution in [1.82, 2.24) is 4.90 Å². The second-order valence-corrected chi connectivity index (χ2v) is 5.48. The lowest BCUT2D eigenvalue weighted by Gasteiger charge is -2.36.